The van der Waals surface area contributed by atoms with Crippen LogP contribution >= 0.6 is 23.1 Å². The molecule has 9 heteroatoms. The molecule has 0 radical (unpaired) electrons. The van der Waals surface area contributed by atoms with Gasteiger partial charge in [-0.25, -0.2) is 4.79 Å². The number of carbonyl (C=O) groups is 3. The lowest BCUT2D eigenvalue weighted by molar-refractivity contribution is -0.150. The Hall–Kier alpha value is -2.52. The summed E-state index contributed by atoms with van der Waals surface area (Å²) in [6.45, 7) is 1.76. The molecule has 3 N–H and O–H groups in total. The van der Waals surface area contributed by atoms with Gasteiger partial charge in [-0.15, -0.1) is 23.1 Å². The second-order valence-corrected chi connectivity index (χ2v) is 8.58. The van der Waals surface area contributed by atoms with Gasteiger partial charge in [-0.3, -0.25) is 14.5 Å². The van der Waals surface area contributed by atoms with Gasteiger partial charge in [-0.05, 0) is 30.0 Å². The molecule has 140 valence electrons. The number of amides is 2. The maximum atomic E-state index is 12.4. The van der Waals surface area contributed by atoms with E-state index >= 15 is 0 Å². The summed E-state index contributed by atoms with van der Waals surface area (Å²) in [6, 6.07) is 9.24. The molecule has 0 bridgehead atoms. The van der Waals surface area contributed by atoms with Crippen LogP contribution in [-0.2, 0) is 14.4 Å². The molecule has 1 unspecified atom stereocenters. The zero-order valence-corrected chi connectivity index (χ0v) is 16.0. The van der Waals surface area contributed by atoms with Crippen molar-refractivity contribution in [2.75, 3.05) is 17.6 Å². The minimum Gasteiger partial charge on any atom is -0.477 e. The molecule has 1 fully saturated rings. The maximum Gasteiger partial charge on any atom is 0.352 e. The fourth-order valence-corrected chi connectivity index (χ4v) is 5.49. The van der Waals surface area contributed by atoms with Gasteiger partial charge in [-0.1, -0.05) is 18.2 Å². The van der Waals surface area contributed by atoms with Gasteiger partial charge in [0, 0.05) is 10.5 Å². The van der Waals surface area contributed by atoms with E-state index in [4.69, 9.17) is 0 Å². The van der Waals surface area contributed by atoms with Crippen molar-refractivity contribution in [3.8, 4) is 0 Å². The summed E-state index contributed by atoms with van der Waals surface area (Å²) in [5.74, 6) is -1.25. The Morgan fingerprint density at radius 3 is 2.85 bits per heavy atom. The number of thioether (sulfide) groups is 1. The molecule has 2 aliphatic heterocycles. The van der Waals surface area contributed by atoms with E-state index in [0.29, 0.717) is 11.3 Å². The number of hydrogen-bond acceptors (Lipinski definition) is 6. The Morgan fingerprint density at radius 1 is 1.33 bits per heavy atom. The number of benzene rings is 1. The molecule has 0 spiro atoms. The van der Waals surface area contributed by atoms with E-state index in [1.165, 1.54) is 16.7 Å². The van der Waals surface area contributed by atoms with Crippen molar-refractivity contribution in [3.05, 3.63) is 41.6 Å². The van der Waals surface area contributed by atoms with E-state index in [2.05, 4.69) is 10.6 Å². The van der Waals surface area contributed by atoms with Crippen LogP contribution in [0.5, 0.6) is 0 Å². The summed E-state index contributed by atoms with van der Waals surface area (Å²) < 4.78 is 1.13. The highest BCUT2D eigenvalue weighted by atomic mass is 32.2. The molecule has 2 aliphatic rings. The van der Waals surface area contributed by atoms with E-state index in [0.717, 1.165) is 15.1 Å². The minimum atomic E-state index is -1.11. The predicted octanol–water partition coefficient (Wildman–Crippen LogP) is 2.07. The van der Waals surface area contributed by atoms with Crippen LogP contribution in [0.1, 0.15) is 6.92 Å². The summed E-state index contributed by atoms with van der Waals surface area (Å²) in [4.78, 5) is 37.3. The molecule has 3 heterocycles. The number of carboxylic acid groups (broad SMARTS) is 1. The SMILES string of the molecule is CC1=C(C(=O)O)N2C(=O)C(NC(=O)CNc3cc4ccccc4s3)[C@@H]2SC1. The summed E-state index contributed by atoms with van der Waals surface area (Å²) in [5.41, 5.74) is 0.700. The fourth-order valence-electron chi connectivity index (χ4n) is 3.24. The monoisotopic (exact) mass is 403 g/mol. The first-order valence-electron chi connectivity index (χ1n) is 8.35. The van der Waals surface area contributed by atoms with E-state index in [-0.39, 0.29) is 29.4 Å². The van der Waals surface area contributed by atoms with Crippen molar-refractivity contribution in [1.82, 2.24) is 10.2 Å². The number of hydrogen-bond donors (Lipinski definition) is 3. The van der Waals surface area contributed by atoms with Gasteiger partial charge < -0.3 is 15.7 Å². The smallest absolute Gasteiger partial charge is 0.352 e. The van der Waals surface area contributed by atoms with Crippen molar-refractivity contribution in [2.24, 2.45) is 0 Å². The summed E-state index contributed by atoms with van der Waals surface area (Å²) in [7, 11) is 0. The number of fused-ring (bicyclic) bond motifs is 2. The zero-order chi connectivity index (χ0) is 19.1. The molecule has 4 rings (SSSR count). The Balaban J connectivity index is 1.37. The van der Waals surface area contributed by atoms with Gasteiger partial charge in [-0.2, -0.15) is 0 Å². The number of carbonyl (C=O) groups excluding carboxylic acids is 2. The van der Waals surface area contributed by atoms with Gasteiger partial charge in [0.2, 0.25) is 5.91 Å². The van der Waals surface area contributed by atoms with Crippen LogP contribution in [0.4, 0.5) is 5.00 Å². The van der Waals surface area contributed by atoms with Crippen LogP contribution in [0.25, 0.3) is 10.1 Å². The molecule has 1 aromatic carbocycles. The lowest BCUT2D eigenvalue weighted by atomic mass is 10.0. The third kappa shape index (κ3) is 3.17. The third-order valence-electron chi connectivity index (χ3n) is 4.53. The van der Waals surface area contributed by atoms with Gasteiger partial charge in [0.25, 0.3) is 5.91 Å². The zero-order valence-electron chi connectivity index (χ0n) is 14.4. The molecule has 0 saturated carbocycles. The molecule has 2 amide bonds. The number of thiophene rings is 1. The first kappa shape index (κ1) is 17.9. The van der Waals surface area contributed by atoms with Crippen LogP contribution in [0.2, 0.25) is 0 Å². The number of nitrogens with one attached hydrogen (secondary N) is 2. The van der Waals surface area contributed by atoms with Crippen LogP contribution < -0.4 is 10.6 Å². The second-order valence-electron chi connectivity index (χ2n) is 6.39. The van der Waals surface area contributed by atoms with Crippen LogP contribution in [0.3, 0.4) is 0 Å². The third-order valence-corrected chi connectivity index (χ3v) is 7.02. The molecule has 0 aliphatic carbocycles. The Morgan fingerprint density at radius 2 is 2.11 bits per heavy atom. The molecular weight excluding hydrogens is 386 g/mol. The van der Waals surface area contributed by atoms with Crippen LogP contribution in [-0.4, -0.2) is 51.5 Å². The van der Waals surface area contributed by atoms with Gasteiger partial charge in [0.1, 0.15) is 17.1 Å². The summed E-state index contributed by atoms with van der Waals surface area (Å²) in [5, 5.41) is 16.8. The topological polar surface area (TPSA) is 98.7 Å². The van der Waals surface area contributed by atoms with Crippen molar-refractivity contribution >= 4 is 56.0 Å². The van der Waals surface area contributed by atoms with E-state index in [1.807, 2.05) is 30.3 Å². The standard InChI is InChI=1S/C18H17N3O4S2/c1-9-8-26-17-14(16(23)21(17)15(9)18(24)25)20-12(22)7-19-13-6-10-4-2-3-5-11(10)27-13/h2-6,14,17,19H,7-8H2,1H3,(H,20,22)(H,24,25)/t14?,17-/m0/s1. The van der Waals surface area contributed by atoms with Crippen molar-refractivity contribution < 1.29 is 19.5 Å². The van der Waals surface area contributed by atoms with Gasteiger partial charge in [0.15, 0.2) is 0 Å². The minimum absolute atomic E-state index is 0.0395. The molecular formula is C18H17N3O4S2. The summed E-state index contributed by atoms with van der Waals surface area (Å²) >= 11 is 3.02. The Bertz CT molecular complexity index is 951. The number of anilines is 1. The fraction of sp³-hybridized carbons (Fsp3) is 0.278. The number of aliphatic carboxylic acids is 1. The van der Waals surface area contributed by atoms with E-state index in [1.54, 1.807) is 18.3 Å². The summed E-state index contributed by atoms with van der Waals surface area (Å²) in [6.07, 6.45) is 0. The highest BCUT2D eigenvalue weighted by Crippen LogP contribution is 2.40. The average Bonchev–Trinajstić information content (AvgIpc) is 3.07. The largest absolute Gasteiger partial charge is 0.477 e. The second kappa shape index (κ2) is 6.90. The van der Waals surface area contributed by atoms with E-state index in [9.17, 15) is 19.5 Å². The molecule has 2 atom stereocenters. The highest BCUT2D eigenvalue weighted by Gasteiger charge is 2.53. The highest BCUT2D eigenvalue weighted by molar-refractivity contribution is 8.00. The molecule has 27 heavy (non-hydrogen) atoms. The average molecular weight is 403 g/mol. The number of rotatable bonds is 5. The first-order chi connectivity index (χ1) is 13.0. The normalized spacial score (nSPS) is 21.7. The predicted molar refractivity (Wildman–Crippen MR) is 106 cm³/mol. The van der Waals surface area contributed by atoms with Gasteiger partial charge in [0.05, 0.1) is 11.5 Å². The van der Waals surface area contributed by atoms with Crippen LogP contribution in [0, 0.1) is 0 Å². The maximum absolute atomic E-state index is 12.4. The van der Waals surface area contributed by atoms with Gasteiger partial charge >= 0.3 is 5.97 Å². The number of carboxylic acids is 1. The van der Waals surface area contributed by atoms with Crippen molar-refractivity contribution in [3.63, 3.8) is 0 Å². The lowest BCUT2D eigenvalue weighted by Gasteiger charge is -2.49. The Labute approximate surface area is 163 Å². The molecule has 1 aromatic heterocycles. The van der Waals surface area contributed by atoms with Crippen molar-refractivity contribution in [2.45, 2.75) is 18.3 Å². The lowest BCUT2D eigenvalue weighted by Crippen LogP contribution is -2.70. The quantitative estimate of drug-likeness (QED) is 0.661. The van der Waals surface area contributed by atoms with Crippen molar-refractivity contribution in [1.29, 1.82) is 0 Å². The molecule has 1 saturated heterocycles. The molecule has 7 nitrogen and oxygen atoms in total. The number of β-lactam (4-membered cyclic amide) rings is 1. The van der Waals surface area contributed by atoms with E-state index < -0.39 is 12.0 Å². The van der Waals surface area contributed by atoms with Crippen LogP contribution in [0.15, 0.2) is 41.6 Å². The molecule has 2 aromatic rings. The number of nitrogens with zero attached hydrogens (tertiary/aromatic N) is 1. The first-order valence-corrected chi connectivity index (χ1v) is 10.2. The Kier molecular flexibility index (Phi) is 4.56.